The van der Waals surface area contributed by atoms with E-state index in [0.29, 0.717) is 6.29 Å². The van der Waals surface area contributed by atoms with Crippen LogP contribution in [0.2, 0.25) is 0 Å². The number of carbonyl (C=O) groups is 2. The number of alkyl halides is 3. The van der Waals surface area contributed by atoms with Gasteiger partial charge < -0.3 is 9.53 Å². The van der Waals surface area contributed by atoms with Gasteiger partial charge in [0, 0.05) is 7.05 Å². The summed E-state index contributed by atoms with van der Waals surface area (Å²) in [6.45, 7) is 6.12. The summed E-state index contributed by atoms with van der Waals surface area (Å²) in [5, 5.41) is 0. The molecular formula is C16H20F3NO3. The first-order valence-electron chi connectivity index (χ1n) is 6.93. The molecule has 0 saturated heterocycles. The van der Waals surface area contributed by atoms with Crippen molar-refractivity contribution >= 4 is 12.4 Å². The summed E-state index contributed by atoms with van der Waals surface area (Å²) >= 11 is 0. The number of halogens is 3. The normalized spacial score (nSPS) is 14.8. The molecule has 4 nitrogen and oxygen atoms in total. The smallest absolute Gasteiger partial charge is 0.416 e. The fourth-order valence-electron chi connectivity index (χ4n) is 2.01. The highest BCUT2D eigenvalue weighted by Gasteiger charge is 2.43. The van der Waals surface area contributed by atoms with E-state index in [-0.39, 0.29) is 5.56 Å². The van der Waals surface area contributed by atoms with Gasteiger partial charge in [-0.3, -0.25) is 4.90 Å². The maximum Gasteiger partial charge on any atom is 0.416 e. The van der Waals surface area contributed by atoms with Crippen molar-refractivity contribution in [2.24, 2.45) is 0 Å². The van der Waals surface area contributed by atoms with Crippen LogP contribution < -0.4 is 0 Å². The molecule has 128 valence electrons. The summed E-state index contributed by atoms with van der Waals surface area (Å²) in [5.74, 6) is 0. The van der Waals surface area contributed by atoms with Gasteiger partial charge in [-0.15, -0.1) is 0 Å². The second-order valence-electron chi connectivity index (χ2n) is 6.35. The van der Waals surface area contributed by atoms with Crippen molar-refractivity contribution in [3.8, 4) is 0 Å². The number of nitrogens with zero attached hydrogens (tertiary/aromatic N) is 1. The summed E-state index contributed by atoms with van der Waals surface area (Å²) in [7, 11) is 1.23. The van der Waals surface area contributed by atoms with E-state index in [4.69, 9.17) is 4.74 Å². The number of amides is 1. The third kappa shape index (κ3) is 4.24. The lowest BCUT2D eigenvalue weighted by molar-refractivity contribution is -0.140. The predicted molar refractivity (Wildman–Crippen MR) is 78.9 cm³/mol. The Kier molecular flexibility index (Phi) is 5.13. The largest absolute Gasteiger partial charge is 0.444 e. The molecule has 0 N–H and O–H groups in total. The molecule has 0 aromatic heterocycles. The number of likely N-dealkylation sites (N-methyl/N-ethyl adjacent to an activating group) is 1. The molecule has 1 atom stereocenters. The Morgan fingerprint density at radius 3 is 1.96 bits per heavy atom. The molecule has 0 aliphatic heterocycles. The van der Waals surface area contributed by atoms with Crippen LogP contribution in [-0.2, 0) is 21.2 Å². The second-order valence-corrected chi connectivity index (χ2v) is 6.35. The highest BCUT2D eigenvalue weighted by molar-refractivity contribution is 5.78. The maximum atomic E-state index is 13.2. The van der Waals surface area contributed by atoms with Crippen molar-refractivity contribution in [1.29, 1.82) is 0 Å². The minimum Gasteiger partial charge on any atom is -0.444 e. The molecule has 23 heavy (non-hydrogen) atoms. The Morgan fingerprint density at radius 1 is 1.09 bits per heavy atom. The van der Waals surface area contributed by atoms with Gasteiger partial charge in [0.2, 0.25) is 0 Å². The van der Waals surface area contributed by atoms with Crippen LogP contribution in [0.4, 0.5) is 18.0 Å². The molecule has 0 fully saturated rings. The SMILES string of the molecule is CN(C(=O)OC(C)(C)C)C(C)(C=O)c1ccccc1C(F)(F)F. The number of benzene rings is 1. The summed E-state index contributed by atoms with van der Waals surface area (Å²) in [5.41, 5.74) is -3.92. The molecule has 1 aromatic carbocycles. The van der Waals surface area contributed by atoms with Gasteiger partial charge in [0.15, 0.2) is 0 Å². The van der Waals surface area contributed by atoms with E-state index in [2.05, 4.69) is 0 Å². The molecule has 1 unspecified atom stereocenters. The zero-order chi connectivity index (χ0) is 18.1. The van der Waals surface area contributed by atoms with E-state index in [1.807, 2.05) is 0 Å². The molecule has 1 amide bonds. The van der Waals surface area contributed by atoms with Crippen LogP contribution in [0.1, 0.15) is 38.8 Å². The first-order chi connectivity index (χ1) is 10.3. The van der Waals surface area contributed by atoms with Gasteiger partial charge in [-0.05, 0) is 39.3 Å². The molecule has 7 heteroatoms. The first kappa shape index (κ1) is 19.0. The quantitative estimate of drug-likeness (QED) is 0.787. The number of hydrogen-bond acceptors (Lipinski definition) is 3. The fraction of sp³-hybridized carbons (Fsp3) is 0.500. The van der Waals surface area contributed by atoms with E-state index in [1.54, 1.807) is 20.8 Å². The van der Waals surface area contributed by atoms with Gasteiger partial charge in [-0.2, -0.15) is 13.2 Å². The predicted octanol–water partition coefficient (Wildman–Crippen LogP) is 3.99. The molecule has 0 saturated carbocycles. The number of hydrogen-bond donors (Lipinski definition) is 0. The summed E-state index contributed by atoms with van der Waals surface area (Å²) in [6, 6.07) is 4.67. The van der Waals surface area contributed by atoms with Crippen molar-refractivity contribution in [2.75, 3.05) is 7.05 Å². The lowest BCUT2D eigenvalue weighted by atomic mass is 9.88. The van der Waals surface area contributed by atoms with Gasteiger partial charge in [-0.1, -0.05) is 18.2 Å². The number of carbonyl (C=O) groups excluding carboxylic acids is 2. The molecule has 0 bridgehead atoms. The fourth-order valence-corrected chi connectivity index (χ4v) is 2.01. The number of rotatable bonds is 3. The third-order valence-corrected chi connectivity index (χ3v) is 3.37. The Morgan fingerprint density at radius 2 is 1.57 bits per heavy atom. The number of ether oxygens (including phenoxy) is 1. The highest BCUT2D eigenvalue weighted by Crippen LogP contribution is 2.38. The Balaban J connectivity index is 3.36. The zero-order valence-corrected chi connectivity index (χ0v) is 13.7. The second kappa shape index (κ2) is 6.22. The van der Waals surface area contributed by atoms with E-state index in [1.165, 1.54) is 32.2 Å². The molecule has 1 aromatic rings. The van der Waals surface area contributed by atoms with Crippen molar-refractivity contribution < 1.29 is 27.5 Å². The van der Waals surface area contributed by atoms with Gasteiger partial charge >= 0.3 is 12.3 Å². The van der Waals surface area contributed by atoms with Crippen LogP contribution in [0.5, 0.6) is 0 Å². The van der Waals surface area contributed by atoms with Crippen LogP contribution in [0.15, 0.2) is 24.3 Å². The minimum absolute atomic E-state index is 0.307. The highest BCUT2D eigenvalue weighted by atomic mass is 19.4. The van der Waals surface area contributed by atoms with Crippen LogP contribution in [0.25, 0.3) is 0 Å². The van der Waals surface area contributed by atoms with Gasteiger partial charge in [0.25, 0.3) is 0 Å². The Hall–Kier alpha value is -2.05. The van der Waals surface area contributed by atoms with E-state index in [0.717, 1.165) is 11.0 Å². The third-order valence-electron chi connectivity index (χ3n) is 3.37. The molecule has 0 aliphatic carbocycles. The Bertz CT molecular complexity index is 593. The van der Waals surface area contributed by atoms with Crippen molar-refractivity contribution in [3.05, 3.63) is 35.4 Å². The standard InChI is InChI=1S/C16H20F3NO3/c1-14(2,3)23-13(22)20(5)15(4,10-21)11-8-6-7-9-12(11)16(17,18)19/h6-10H,1-5H3. The zero-order valence-electron chi connectivity index (χ0n) is 13.7. The topological polar surface area (TPSA) is 46.6 Å². The maximum absolute atomic E-state index is 13.2. The molecule has 0 spiro atoms. The van der Waals surface area contributed by atoms with Crippen molar-refractivity contribution in [2.45, 2.75) is 45.0 Å². The van der Waals surface area contributed by atoms with Crippen LogP contribution >= 0.6 is 0 Å². The Labute approximate surface area is 133 Å². The summed E-state index contributed by atoms with van der Waals surface area (Å²) in [6.07, 6.45) is -5.22. The van der Waals surface area contributed by atoms with Crippen molar-refractivity contribution in [1.82, 2.24) is 4.90 Å². The van der Waals surface area contributed by atoms with Crippen LogP contribution in [0.3, 0.4) is 0 Å². The van der Waals surface area contributed by atoms with E-state index in [9.17, 15) is 22.8 Å². The number of aldehydes is 1. The van der Waals surface area contributed by atoms with Gasteiger partial charge in [-0.25, -0.2) is 4.79 Å². The summed E-state index contributed by atoms with van der Waals surface area (Å²) in [4.78, 5) is 24.6. The lowest BCUT2D eigenvalue weighted by Gasteiger charge is -2.37. The van der Waals surface area contributed by atoms with Gasteiger partial charge in [0.05, 0.1) is 5.56 Å². The molecule has 1 rings (SSSR count). The molecule has 0 radical (unpaired) electrons. The summed E-state index contributed by atoms with van der Waals surface area (Å²) < 4.78 is 44.7. The lowest BCUT2D eigenvalue weighted by Crippen LogP contribution is -2.49. The van der Waals surface area contributed by atoms with E-state index >= 15 is 0 Å². The molecule has 0 aliphatic rings. The van der Waals surface area contributed by atoms with Crippen LogP contribution in [0, 0.1) is 0 Å². The average molecular weight is 331 g/mol. The van der Waals surface area contributed by atoms with Crippen LogP contribution in [-0.4, -0.2) is 29.9 Å². The first-order valence-corrected chi connectivity index (χ1v) is 6.93. The van der Waals surface area contributed by atoms with E-state index < -0.39 is 29.0 Å². The van der Waals surface area contributed by atoms with Crippen molar-refractivity contribution in [3.63, 3.8) is 0 Å². The van der Waals surface area contributed by atoms with Gasteiger partial charge in [0.1, 0.15) is 17.4 Å². The monoisotopic (exact) mass is 331 g/mol. The molecular weight excluding hydrogens is 311 g/mol. The molecule has 0 heterocycles. The minimum atomic E-state index is -4.64. The average Bonchev–Trinajstić information content (AvgIpc) is 2.43.